The first-order valence-corrected chi connectivity index (χ1v) is 17.2. The molecular formula is C37H41N3O12. The minimum Gasteiger partial charge on any atom is -0.507 e. The van der Waals surface area contributed by atoms with Gasteiger partial charge in [0.2, 0.25) is 5.78 Å². The number of benzene rings is 2. The third-order valence-electron chi connectivity index (χ3n) is 10.6. The maximum atomic E-state index is 14.0. The Labute approximate surface area is 299 Å². The highest BCUT2D eigenvalue weighted by Crippen LogP contribution is 2.53. The number of Topliss-reactive ketones (excluding diaryl/α,β-unsaturated/α-hetero) is 1. The van der Waals surface area contributed by atoms with E-state index in [0.717, 1.165) is 0 Å². The molecule has 0 aromatic heterocycles. The fourth-order valence-corrected chi connectivity index (χ4v) is 8.27. The van der Waals surface area contributed by atoms with Crippen LogP contribution in [0.15, 0.2) is 18.2 Å². The summed E-state index contributed by atoms with van der Waals surface area (Å²) in [5.74, 6) is -3.29. The van der Waals surface area contributed by atoms with Crippen LogP contribution in [0.5, 0.6) is 17.2 Å². The number of nitriles is 1. The number of rotatable bonds is 4. The van der Waals surface area contributed by atoms with Crippen LogP contribution in [0.3, 0.4) is 0 Å². The number of carbonyl (C=O) groups excluding carboxylic acids is 4. The lowest BCUT2D eigenvalue weighted by atomic mass is 9.72. The molecule has 15 nitrogen and oxygen atoms in total. The number of fused-ring (bicyclic) bond motifs is 6. The number of phenolic OH excluding ortho intramolecular Hbond substituents is 2. The fourth-order valence-electron chi connectivity index (χ4n) is 8.27. The molecule has 8 atom stereocenters. The van der Waals surface area contributed by atoms with E-state index in [1.165, 1.54) is 37.1 Å². The van der Waals surface area contributed by atoms with Crippen molar-refractivity contribution in [2.24, 2.45) is 0 Å². The largest absolute Gasteiger partial charge is 0.507 e. The first-order chi connectivity index (χ1) is 24.5. The van der Waals surface area contributed by atoms with Crippen molar-refractivity contribution < 1.29 is 58.2 Å². The highest BCUT2D eigenvalue weighted by atomic mass is 16.7. The smallest absolute Gasteiger partial charge is 0.410 e. The van der Waals surface area contributed by atoms with Crippen molar-refractivity contribution in [3.8, 4) is 23.3 Å². The number of ketones is 3. The molecule has 2 aliphatic carbocycles. The standard InChI is InChI=1S/C37H41N3O12/c1-16-34-21(40-18(13-38)14-39(15-24(40)51-34)35(46)52-36(3,4)5)10-25(49-16)50-23-12-37(47,17(2)41)11-20-27(23)33(45)29-28(31(20)43)30(42)19-8-7-9-22(48-6)26(19)32(29)44/h7-9,16,18,21,23-25,34,43,45,47H,10-12,14-15H2,1-6H3/t16-,18?,21?,23-,24?,25-,34?,37-/m0/s1. The lowest BCUT2D eigenvalue weighted by Crippen LogP contribution is -2.61. The summed E-state index contributed by atoms with van der Waals surface area (Å²) in [5.41, 5.74) is -3.94. The van der Waals surface area contributed by atoms with Gasteiger partial charge in [0.25, 0.3) is 0 Å². The van der Waals surface area contributed by atoms with E-state index >= 15 is 0 Å². The topological polar surface area (TPSA) is 205 Å². The molecule has 0 bridgehead atoms. The van der Waals surface area contributed by atoms with Crippen molar-refractivity contribution in [3.05, 3.63) is 51.6 Å². The molecule has 0 spiro atoms. The highest BCUT2D eigenvalue weighted by molar-refractivity contribution is 6.31. The number of amides is 1. The quantitative estimate of drug-likeness (QED) is 0.332. The van der Waals surface area contributed by atoms with Crippen LogP contribution in [0, 0.1) is 11.3 Å². The molecule has 3 aliphatic heterocycles. The van der Waals surface area contributed by atoms with Crippen LogP contribution in [0.1, 0.15) is 96.5 Å². The molecular weight excluding hydrogens is 678 g/mol. The summed E-state index contributed by atoms with van der Waals surface area (Å²) in [7, 11) is 1.34. The molecule has 276 valence electrons. The maximum Gasteiger partial charge on any atom is 0.410 e. The Morgan fingerprint density at radius 3 is 2.42 bits per heavy atom. The third-order valence-corrected chi connectivity index (χ3v) is 10.6. The van der Waals surface area contributed by atoms with E-state index in [0.29, 0.717) is 0 Å². The van der Waals surface area contributed by atoms with Crippen LogP contribution in [0.25, 0.3) is 0 Å². The zero-order valence-electron chi connectivity index (χ0n) is 29.7. The van der Waals surface area contributed by atoms with E-state index in [1.807, 2.05) is 4.90 Å². The number of methoxy groups -OCH3 is 1. The van der Waals surface area contributed by atoms with Crippen molar-refractivity contribution in [3.63, 3.8) is 0 Å². The van der Waals surface area contributed by atoms with Gasteiger partial charge in [0, 0.05) is 42.0 Å². The van der Waals surface area contributed by atoms with Crippen LogP contribution >= 0.6 is 0 Å². The molecule has 1 amide bonds. The van der Waals surface area contributed by atoms with Gasteiger partial charge in [-0.05, 0) is 40.7 Å². The zero-order chi connectivity index (χ0) is 37.6. The Morgan fingerprint density at radius 2 is 1.77 bits per heavy atom. The molecule has 52 heavy (non-hydrogen) atoms. The van der Waals surface area contributed by atoms with E-state index in [9.17, 15) is 39.8 Å². The second-order valence-corrected chi connectivity index (χ2v) is 15.1. The fraction of sp³-hybridized carbons (Fsp3) is 0.541. The number of hydrogen-bond acceptors (Lipinski definition) is 14. The zero-order valence-corrected chi connectivity index (χ0v) is 29.7. The number of aliphatic hydroxyl groups is 1. The summed E-state index contributed by atoms with van der Waals surface area (Å²) in [6.07, 6.45) is -5.28. The van der Waals surface area contributed by atoms with Gasteiger partial charge in [0.1, 0.15) is 46.8 Å². The summed E-state index contributed by atoms with van der Waals surface area (Å²) in [4.78, 5) is 56.9. The van der Waals surface area contributed by atoms with Crippen molar-refractivity contribution in [1.82, 2.24) is 9.80 Å². The lowest BCUT2D eigenvalue weighted by Gasteiger charge is -2.45. The number of ether oxygens (including phenoxy) is 5. The summed E-state index contributed by atoms with van der Waals surface area (Å²) >= 11 is 0. The lowest BCUT2D eigenvalue weighted by molar-refractivity contribution is -0.247. The SMILES string of the molecule is COc1cccc2c1C(=O)c1c(O)c3c(c(O)c1C2=O)C[C@@](O)(C(C)=O)C[C@@H]3O[C@H]1CC2C(OC3CN(C(=O)OC(C)(C)C)CC(C#N)N32)[C@H](C)O1. The molecule has 2 aromatic carbocycles. The minimum absolute atomic E-state index is 0.0317. The molecule has 4 unspecified atom stereocenters. The Bertz CT molecular complexity index is 1930. The number of phenols is 2. The van der Waals surface area contributed by atoms with E-state index in [1.54, 1.807) is 27.7 Å². The van der Waals surface area contributed by atoms with E-state index in [4.69, 9.17) is 23.7 Å². The Balaban J connectivity index is 1.22. The predicted octanol–water partition coefficient (Wildman–Crippen LogP) is 2.88. The molecule has 3 fully saturated rings. The van der Waals surface area contributed by atoms with Gasteiger partial charge >= 0.3 is 6.09 Å². The molecule has 3 saturated heterocycles. The predicted molar refractivity (Wildman–Crippen MR) is 178 cm³/mol. The van der Waals surface area contributed by atoms with Gasteiger partial charge < -0.3 is 43.9 Å². The van der Waals surface area contributed by atoms with Crippen LogP contribution in [-0.4, -0.2) is 117 Å². The molecule has 3 heterocycles. The average molecular weight is 720 g/mol. The second kappa shape index (κ2) is 12.5. The molecule has 7 rings (SSSR count). The van der Waals surface area contributed by atoms with Gasteiger partial charge in [-0.1, -0.05) is 12.1 Å². The van der Waals surface area contributed by atoms with Gasteiger partial charge in [-0.25, -0.2) is 4.79 Å². The Kier molecular flexibility index (Phi) is 8.62. The van der Waals surface area contributed by atoms with Crippen molar-refractivity contribution in [1.29, 1.82) is 5.26 Å². The molecule has 2 aromatic rings. The van der Waals surface area contributed by atoms with Crippen LogP contribution < -0.4 is 4.74 Å². The molecule has 0 radical (unpaired) electrons. The first-order valence-electron chi connectivity index (χ1n) is 17.2. The van der Waals surface area contributed by atoms with Gasteiger partial charge in [0.15, 0.2) is 17.9 Å². The van der Waals surface area contributed by atoms with Crippen molar-refractivity contribution in [2.45, 2.75) is 108 Å². The number of hydrogen-bond donors (Lipinski definition) is 3. The average Bonchev–Trinajstić information content (AvgIpc) is 3.46. The normalized spacial score (nSPS) is 31.0. The second-order valence-electron chi connectivity index (χ2n) is 15.1. The Hall–Kier alpha value is -4.59. The summed E-state index contributed by atoms with van der Waals surface area (Å²) in [6.45, 7) is 8.46. The van der Waals surface area contributed by atoms with Gasteiger partial charge in [-0.15, -0.1) is 0 Å². The van der Waals surface area contributed by atoms with Crippen molar-refractivity contribution >= 4 is 23.4 Å². The number of aromatic hydroxyl groups is 2. The highest BCUT2D eigenvalue weighted by Gasteiger charge is 2.56. The van der Waals surface area contributed by atoms with E-state index in [-0.39, 0.29) is 53.9 Å². The van der Waals surface area contributed by atoms with Crippen LogP contribution in [0.4, 0.5) is 4.79 Å². The number of carbonyl (C=O) groups is 4. The first kappa shape index (κ1) is 35.8. The summed E-state index contributed by atoms with van der Waals surface area (Å²) < 4.78 is 30.0. The van der Waals surface area contributed by atoms with Gasteiger partial charge in [-0.2, -0.15) is 5.26 Å². The summed E-state index contributed by atoms with van der Waals surface area (Å²) in [6, 6.07) is 5.56. The minimum atomic E-state index is -2.06. The third kappa shape index (κ3) is 5.60. The number of nitrogens with zero attached hydrogens (tertiary/aromatic N) is 3. The monoisotopic (exact) mass is 719 g/mol. The summed E-state index contributed by atoms with van der Waals surface area (Å²) in [5, 5.41) is 45.3. The molecule has 0 saturated carbocycles. The van der Waals surface area contributed by atoms with E-state index < -0.39 is 107 Å². The van der Waals surface area contributed by atoms with Crippen LogP contribution in [0.2, 0.25) is 0 Å². The molecule has 5 aliphatic rings. The van der Waals surface area contributed by atoms with Gasteiger partial charge in [0.05, 0.1) is 55.2 Å². The molecule has 3 N–H and O–H groups in total. The maximum absolute atomic E-state index is 14.0. The number of piperazine rings is 1. The van der Waals surface area contributed by atoms with Crippen LogP contribution in [-0.2, 0) is 30.2 Å². The van der Waals surface area contributed by atoms with Crippen molar-refractivity contribution in [2.75, 3.05) is 20.2 Å². The molecule has 15 heteroatoms. The van der Waals surface area contributed by atoms with E-state index in [2.05, 4.69) is 6.07 Å². The Morgan fingerprint density at radius 1 is 1.06 bits per heavy atom. The van der Waals surface area contributed by atoms with Gasteiger partial charge in [-0.3, -0.25) is 19.3 Å².